The first-order valence-electron chi connectivity index (χ1n) is 6.21. The van der Waals surface area contributed by atoms with Gasteiger partial charge in [-0.25, -0.2) is 0 Å². The number of aryl methyl sites for hydroxylation is 1. The Kier molecular flexibility index (Phi) is 4.01. The summed E-state index contributed by atoms with van der Waals surface area (Å²) in [6, 6.07) is 11.5. The summed E-state index contributed by atoms with van der Waals surface area (Å²) in [6.45, 7) is 0. The van der Waals surface area contributed by atoms with Crippen LogP contribution in [0.3, 0.4) is 0 Å². The van der Waals surface area contributed by atoms with Gasteiger partial charge in [-0.3, -0.25) is 9.69 Å². The maximum absolute atomic E-state index is 12.6. The number of hydrogen-bond acceptors (Lipinski definition) is 3. The molecule has 3 rings (SSSR count). The minimum atomic E-state index is -0.0794. The average Bonchev–Trinajstić information content (AvgIpc) is 2.95. The second kappa shape index (κ2) is 5.79. The Morgan fingerprint density at radius 1 is 1.29 bits per heavy atom. The molecule has 0 N–H and O–H groups in total. The summed E-state index contributed by atoms with van der Waals surface area (Å²) in [5.74, 6) is -0.0794. The minimum absolute atomic E-state index is 0.0794. The number of benzene rings is 1. The van der Waals surface area contributed by atoms with Crippen LogP contribution >= 0.6 is 39.9 Å². The molecule has 2 heterocycles. The van der Waals surface area contributed by atoms with E-state index in [-0.39, 0.29) is 5.91 Å². The number of hydrogen-bond donors (Lipinski definition) is 0. The summed E-state index contributed by atoms with van der Waals surface area (Å²) in [5, 5.41) is 0. The van der Waals surface area contributed by atoms with Crippen molar-refractivity contribution < 1.29 is 4.79 Å². The second-order valence-corrected chi connectivity index (χ2v) is 7.13. The number of halogens is 1. The third-order valence-electron chi connectivity index (χ3n) is 3.12. The van der Waals surface area contributed by atoms with Gasteiger partial charge < -0.3 is 4.57 Å². The lowest BCUT2D eigenvalue weighted by molar-refractivity contribution is -0.113. The normalized spacial score (nSPS) is 17.0. The van der Waals surface area contributed by atoms with Crippen molar-refractivity contribution in [2.24, 2.45) is 7.05 Å². The van der Waals surface area contributed by atoms with Gasteiger partial charge in [0.05, 0.1) is 10.6 Å². The standard InChI is InChI=1S/C15H11BrN2OS2/c1-17-7-3-6-11(17)9-13-14(19)18(15(20)21-13)12-5-2-4-10(16)8-12/h2-9H,1H3/b13-9+. The van der Waals surface area contributed by atoms with Crippen LogP contribution in [0.5, 0.6) is 0 Å². The molecule has 0 bridgehead atoms. The molecule has 0 radical (unpaired) electrons. The number of anilines is 1. The van der Waals surface area contributed by atoms with Crippen molar-refractivity contribution in [2.45, 2.75) is 0 Å². The summed E-state index contributed by atoms with van der Waals surface area (Å²) < 4.78 is 3.44. The molecule has 1 aromatic heterocycles. The van der Waals surface area contributed by atoms with Crippen molar-refractivity contribution in [3.8, 4) is 0 Å². The van der Waals surface area contributed by atoms with E-state index in [1.54, 1.807) is 4.90 Å². The summed E-state index contributed by atoms with van der Waals surface area (Å²) in [6.07, 6.45) is 3.82. The smallest absolute Gasteiger partial charge is 0.270 e. The molecule has 0 spiro atoms. The Morgan fingerprint density at radius 3 is 2.76 bits per heavy atom. The van der Waals surface area contributed by atoms with E-state index >= 15 is 0 Å². The maximum Gasteiger partial charge on any atom is 0.270 e. The number of thiocarbonyl (C=S) groups is 1. The van der Waals surface area contributed by atoms with Gasteiger partial charge in [0.1, 0.15) is 0 Å². The van der Waals surface area contributed by atoms with E-state index in [1.165, 1.54) is 11.8 Å². The molecule has 6 heteroatoms. The summed E-state index contributed by atoms with van der Waals surface area (Å²) in [5.41, 5.74) is 1.76. The summed E-state index contributed by atoms with van der Waals surface area (Å²) >= 11 is 10.1. The number of nitrogens with zero attached hydrogens (tertiary/aromatic N) is 2. The quantitative estimate of drug-likeness (QED) is 0.578. The van der Waals surface area contributed by atoms with Crippen LogP contribution in [0, 0.1) is 0 Å². The molecule has 106 valence electrons. The van der Waals surface area contributed by atoms with E-state index < -0.39 is 0 Å². The molecule has 3 nitrogen and oxygen atoms in total. The molecule has 0 aliphatic carbocycles. The summed E-state index contributed by atoms with van der Waals surface area (Å²) in [7, 11) is 1.95. The van der Waals surface area contributed by atoms with Crippen molar-refractivity contribution in [1.29, 1.82) is 0 Å². The van der Waals surface area contributed by atoms with Crippen LogP contribution in [0.25, 0.3) is 6.08 Å². The van der Waals surface area contributed by atoms with Gasteiger partial charge in [-0.2, -0.15) is 0 Å². The van der Waals surface area contributed by atoms with E-state index in [2.05, 4.69) is 15.9 Å². The number of carbonyl (C=O) groups excluding carboxylic acids is 1. The zero-order chi connectivity index (χ0) is 15.0. The highest BCUT2D eigenvalue weighted by atomic mass is 79.9. The van der Waals surface area contributed by atoms with E-state index in [0.29, 0.717) is 9.23 Å². The zero-order valence-corrected chi connectivity index (χ0v) is 14.3. The fourth-order valence-electron chi connectivity index (χ4n) is 2.06. The van der Waals surface area contributed by atoms with E-state index in [0.717, 1.165) is 15.9 Å². The molecule has 0 unspecified atom stereocenters. The van der Waals surface area contributed by atoms with Crippen LogP contribution in [-0.2, 0) is 11.8 Å². The second-order valence-electron chi connectivity index (χ2n) is 4.54. The third kappa shape index (κ3) is 2.84. The molecule has 1 fully saturated rings. The average molecular weight is 379 g/mol. The van der Waals surface area contributed by atoms with Gasteiger partial charge in [-0.1, -0.05) is 46.0 Å². The largest absolute Gasteiger partial charge is 0.351 e. The predicted octanol–water partition coefficient (Wildman–Crippen LogP) is 4.19. The van der Waals surface area contributed by atoms with Crippen molar-refractivity contribution in [3.05, 3.63) is 57.7 Å². The van der Waals surface area contributed by atoms with Gasteiger partial charge in [0.15, 0.2) is 4.32 Å². The molecule has 1 saturated heterocycles. The van der Waals surface area contributed by atoms with Crippen LogP contribution in [-0.4, -0.2) is 14.8 Å². The number of rotatable bonds is 2. The molecule has 21 heavy (non-hydrogen) atoms. The first kappa shape index (κ1) is 14.6. The number of aromatic nitrogens is 1. The molecule has 1 aliphatic heterocycles. The SMILES string of the molecule is Cn1cccc1/C=C1/SC(=S)N(c2cccc(Br)c2)C1=O. The van der Waals surface area contributed by atoms with Gasteiger partial charge in [0, 0.05) is 23.4 Å². The lowest BCUT2D eigenvalue weighted by Gasteiger charge is -2.14. The number of carbonyl (C=O) groups is 1. The number of thioether (sulfide) groups is 1. The Morgan fingerprint density at radius 2 is 2.10 bits per heavy atom. The lowest BCUT2D eigenvalue weighted by atomic mass is 10.3. The van der Waals surface area contributed by atoms with Crippen molar-refractivity contribution in [2.75, 3.05) is 4.90 Å². The molecular weight excluding hydrogens is 368 g/mol. The third-order valence-corrected chi connectivity index (χ3v) is 4.92. The Bertz CT molecular complexity index is 767. The highest BCUT2D eigenvalue weighted by molar-refractivity contribution is 9.10. The zero-order valence-electron chi connectivity index (χ0n) is 11.1. The van der Waals surface area contributed by atoms with E-state index in [4.69, 9.17) is 12.2 Å². The highest BCUT2D eigenvalue weighted by Gasteiger charge is 2.33. The van der Waals surface area contributed by atoms with Crippen LogP contribution in [0.15, 0.2) is 52.0 Å². The Hall–Kier alpha value is -1.37. The van der Waals surface area contributed by atoms with Crippen molar-refractivity contribution >= 4 is 61.9 Å². The fraction of sp³-hybridized carbons (Fsp3) is 0.0667. The molecule has 1 aliphatic rings. The fourth-order valence-corrected chi connectivity index (χ4v) is 3.73. The maximum atomic E-state index is 12.6. The highest BCUT2D eigenvalue weighted by Crippen LogP contribution is 2.36. The van der Waals surface area contributed by atoms with E-state index in [1.807, 2.05) is 60.3 Å². The monoisotopic (exact) mass is 378 g/mol. The predicted molar refractivity (Wildman–Crippen MR) is 95.2 cm³/mol. The molecule has 1 aromatic carbocycles. The van der Waals surface area contributed by atoms with E-state index in [9.17, 15) is 4.79 Å². The Balaban J connectivity index is 1.96. The van der Waals surface area contributed by atoms with Gasteiger partial charge in [-0.05, 0) is 36.4 Å². The van der Waals surface area contributed by atoms with Crippen LogP contribution in [0.1, 0.15) is 5.69 Å². The van der Waals surface area contributed by atoms with Gasteiger partial charge in [0.2, 0.25) is 0 Å². The topological polar surface area (TPSA) is 25.2 Å². The summed E-state index contributed by atoms with van der Waals surface area (Å²) in [4.78, 5) is 14.8. The first-order valence-corrected chi connectivity index (χ1v) is 8.23. The molecule has 1 amide bonds. The van der Waals surface area contributed by atoms with Crippen molar-refractivity contribution in [3.63, 3.8) is 0 Å². The minimum Gasteiger partial charge on any atom is -0.351 e. The molecule has 0 atom stereocenters. The molecule has 2 aromatic rings. The van der Waals surface area contributed by atoms with Crippen LogP contribution < -0.4 is 4.90 Å². The molecule has 0 saturated carbocycles. The van der Waals surface area contributed by atoms with Gasteiger partial charge >= 0.3 is 0 Å². The van der Waals surface area contributed by atoms with Crippen molar-refractivity contribution in [1.82, 2.24) is 4.57 Å². The Labute approximate surface area is 140 Å². The lowest BCUT2D eigenvalue weighted by Crippen LogP contribution is -2.27. The van der Waals surface area contributed by atoms with Crippen LogP contribution in [0.2, 0.25) is 0 Å². The molecular formula is C15H11BrN2OS2. The van der Waals surface area contributed by atoms with Gasteiger partial charge in [0.25, 0.3) is 5.91 Å². The van der Waals surface area contributed by atoms with Gasteiger partial charge in [-0.15, -0.1) is 0 Å². The first-order chi connectivity index (χ1) is 10.1. The number of amides is 1. The van der Waals surface area contributed by atoms with Crippen LogP contribution in [0.4, 0.5) is 5.69 Å².